The Kier molecular flexibility index (Phi) is 12.4. The average molecular weight is 206 g/mol. The maximum absolute atomic E-state index is 9.59. The fourth-order valence-electron chi connectivity index (χ4n) is 0. The topological polar surface area (TPSA) is 43.1 Å². The lowest BCUT2D eigenvalue weighted by Gasteiger charge is -1.73. The summed E-state index contributed by atoms with van der Waals surface area (Å²) in [7, 11) is 14.8. The van der Waals surface area contributed by atoms with Crippen molar-refractivity contribution < 1.29 is 4.79 Å². The van der Waals surface area contributed by atoms with E-state index in [9.17, 15) is 4.79 Å². The van der Waals surface area contributed by atoms with Gasteiger partial charge in [0.25, 0.3) is 0 Å². The highest BCUT2D eigenvalue weighted by molar-refractivity contribution is 7.54. The van der Waals surface area contributed by atoms with Gasteiger partial charge < -0.3 is 5.73 Å². The van der Waals surface area contributed by atoms with Crippen molar-refractivity contribution >= 4 is 47.4 Å². The number of carbonyl (C=O) groups excluding carboxylic acids is 1. The molecule has 0 atom stereocenters. The van der Waals surface area contributed by atoms with E-state index in [2.05, 4.69) is 5.73 Å². The summed E-state index contributed by atoms with van der Waals surface area (Å²) < 4.78 is 0. The first-order chi connectivity index (χ1) is 4.00. The first-order valence-corrected chi connectivity index (χ1v) is 7.45. The molecule has 0 saturated heterocycles. The molecule has 0 bridgehead atoms. The third kappa shape index (κ3) is 50.8. The molecule has 0 aliphatic carbocycles. The van der Waals surface area contributed by atoms with Crippen LogP contribution in [0, 0.1) is 0 Å². The molecule has 9 heavy (non-hydrogen) atoms. The lowest BCUT2D eigenvalue weighted by Crippen LogP contribution is -2.06. The predicted molar refractivity (Wildman–Crippen MR) is 42.8 cm³/mol. The summed E-state index contributed by atoms with van der Waals surface area (Å²) in [6.45, 7) is 1.72. The molecule has 0 aromatic heterocycles. The van der Waals surface area contributed by atoms with Crippen LogP contribution in [0.25, 0.3) is 0 Å². The van der Waals surface area contributed by atoms with Crippen LogP contribution in [0.3, 0.4) is 0 Å². The van der Waals surface area contributed by atoms with Crippen molar-refractivity contribution in [2.45, 2.75) is 13.3 Å². The summed E-state index contributed by atoms with van der Waals surface area (Å²) in [5, 5.41) is 0. The number of carbonyl (C=O) groups is 1. The SMILES string of the molecule is CCC(N)=O.[Cl][Al]([Cl])[Cl]. The Morgan fingerprint density at radius 2 is 1.67 bits per heavy atom. The molecule has 1 amide bonds. The van der Waals surface area contributed by atoms with Crippen LogP contribution in [0.5, 0.6) is 0 Å². The second-order valence-corrected chi connectivity index (χ2v) is 7.50. The van der Waals surface area contributed by atoms with Gasteiger partial charge >= 0.3 is 11.4 Å². The van der Waals surface area contributed by atoms with Crippen molar-refractivity contribution in [3.8, 4) is 0 Å². The molecule has 0 aromatic rings. The van der Waals surface area contributed by atoms with Crippen molar-refractivity contribution in [2.24, 2.45) is 5.73 Å². The Labute approximate surface area is 71.3 Å². The highest BCUT2D eigenvalue weighted by atomic mass is 35.8. The third-order valence-corrected chi connectivity index (χ3v) is 0.348. The molecule has 0 fully saturated rings. The molecule has 0 spiro atoms. The fraction of sp³-hybridized carbons (Fsp3) is 0.667. The zero-order valence-corrected chi connectivity index (χ0v) is 8.33. The van der Waals surface area contributed by atoms with Crippen molar-refractivity contribution in [3.63, 3.8) is 0 Å². The highest BCUT2D eigenvalue weighted by Gasteiger charge is 2.00. The van der Waals surface area contributed by atoms with Gasteiger partial charge in [-0.1, -0.05) is 6.92 Å². The zero-order valence-electron chi connectivity index (χ0n) is 4.90. The maximum atomic E-state index is 9.59. The van der Waals surface area contributed by atoms with Gasteiger partial charge in [-0.25, -0.2) is 30.1 Å². The number of nitrogens with two attached hydrogens (primary N) is 1. The molecule has 2 N–H and O–H groups in total. The first kappa shape index (κ1) is 12.5. The van der Waals surface area contributed by atoms with E-state index in [0.29, 0.717) is 6.42 Å². The molecule has 54 valence electrons. The van der Waals surface area contributed by atoms with E-state index in [1.54, 1.807) is 6.92 Å². The summed E-state index contributed by atoms with van der Waals surface area (Å²) >= 11 is -1.72. The highest BCUT2D eigenvalue weighted by Crippen LogP contribution is 1.97. The molecule has 2 nitrogen and oxygen atoms in total. The van der Waals surface area contributed by atoms with Crippen LogP contribution in [-0.2, 0) is 4.79 Å². The normalized spacial score (nSPS) is 7.11. The maximum Gasteiger partial charge on any atom is 0.643 e. The van der Waals surface area contributed by atoms with Crippen LogP contribution < -0.4 is 5.73 Å². The van der Waals surface area contributed by atoms with Gasteiger partial charge in [-0.15, -0.1) is 0 Å². The Hall–Kier alpha value is 0.872. The number of hydrogen-bond acceptors (Lipinski definition) is 1. The molecule has 0 radical (unpaired) electrons. The van der Waals surface area contributed by atoms with Crippen molar-refractivity contribution in [2.75, 3.05) is 0 Å². The van der Waals surface area contributed by atoms with Gasteiger partial charge in [-0.05, 0) is 0 Å². The van der Waals surface area contributed by atoms with Crippen LogP contribution in [0.4, 0.5) is 0 Å². The van der Waals surface area contributed by atoms with E-state index in [1.165, 1.54) is 0 Å². The standard InChI is InChI=1S/C3H7NO.Al.3ClH/c1-2-3(4)5;;;;/h2H2,1H3,(H2,4,5);;3*1H/q;+3;;;/p-3. The van der Waals surface area contributed by atoms with Crippen molar-refractivity contribution in [1.29, 1.82) is 0 Å². The van der Waals surface area contributed by atoms with E-state index in [0.717, 1.165) is 0 Å². The summed E-state index contributed by atoms with van der Waals surface area (Å²) in [6, 6.07) is 0. The molecule has 6 heteroatoms. The summed E-state index contributed by atoms with van der Waals surface area (Å²) in [6.07, 6.45) is 0.444. The summed E-state index contributed by atoms with van der Waals surface area (Å²) in [4.78, 5) is 9.59. The average Bonchev–Trinajstić information content (AvgIpc) is 1.65. The minimum Gasteiger partial charge on any atom is -0.370 e. The number of halogens is 3. The second kappa shape index (κ2) is 8.87. The minimum absolute atomic E-state index is 0.245. The van der Waals surface area contributed by atoms with Crippen molar-refractivity contribution in [3.05, 3.63) is 0 Å². The minimum atomic E-state index is -1.72. The quantitative estimate of drug-likeness (QED) is 0.650. The van der Waals surface area contributed by atoms with E-state index in [-0.39, 0.29) is 5.91 Å². The second-order valence-electron chi connectivity index (χ2n) is 1.07. The fourth-order valence-corrected chi connectivity index (χ4v) is 0. The number of rotatable bonds is 1. The van der Waals surface area contributed by atoms with E-state index in [4.69, 9.17) is 30.1 Å². The van der Waals surface area contributed by atoms with Gasteiger partial charge in [-0.2, -0.15) is 0 Å². The van der Waals surface area contributed by atoms with Gasteiger partial charge in [0.2, 0.25) is 5.91 Å². The summed E-state index contributed by atoms with van der Waals surface area (Å²) in [5.41, 5.74) is 4.65. The first-order valence-electron chi connectivity index (χ1n) is 2.21. The molecule has 0 unspecified atom stereocenters. The number of hydrogen-bond donors (Lipinski definition) is 1. The molecule has 0 rings (SSSR count). The largest absolute Gasteiger partial charge is 0.643 e. The number of primary amides is 1. The third-order valence-electron chi connectivity index (χ3n) is 0.348. The molecule has 0 aliphatic rings. The van der Waals surface area contributed by atoms with Crippen molar-refractivity contribution in [1.82, 2.24) is 0 Å². The van der Waals surface area contributed by atoms with Gasteiger partial charge in [0.05, 0.1) is 0 Å². The van der Waals surface area contributed by atoms with E-state index < -0.39 is 11.4 Å². The predicted octanol–water partition coefficient (Wildman–Crippen LogP) is 1.57. The van der Waals surface area contributed by atoms with E-state index >= 15 is 0 Å². The van der Waals surface area contributed by atoms with Crippen LogP contribution in [0.15, 0.2) is 0 Å². The van der Waals surface area contributed by atoms with Gasteiger partial charge in [0, 0.05) is 6.42 Å². The van der Waals surface area contributed by atoms with Crippen LogP contribution in [-0.4, -0.2) is 17.3 Å². The zero-order chi connectivity index (χ0) is 7.86. The van der Waals surface area contributed by atoms with Crippen LogP contribution in [0.2, 0.25) is 0 Å². The lowest BCUT2D eigenvalue weighted by molar-refractivity contribution is -0.117. The molecular weight excluding hydrogens is 199 g/mol. The molecule has 0 heterocycles. The smallest absolute Gasteiger partial charge is 0.370 e. The molecule has 0 saturated carbocycles. The van der Waals surface area contributed by atoms with Gasteiger partial charge in [0.15, 0.2) is 0 Å². The van der Waals surface area contributed by atoms with Gasteiger partial charge in [-0.3, -0.25) is 4.79 Å². The number of amides is 1. The molecular formula is C3H7AlCl3NO. The molecule has 0 aliphatic heterocycles. The van der Waals surface area contributed by atoms with Crippen LogP contribution in [0.1, 0.15) is 13.3 Å². The van der Waals surface area contributed by atoms with Crippen LogP contribution >= 0.6 is 30.1 Å². The Morgan fingerprint density at radius 3 is 1.67 bits per heavy atom. The van der Waals surface area contributed by atoms with E-state index in [1.807, 2.05) is 0 Å². The van der Waals surface area contributed by atoms with Gasteiger partial charge in [0.1, 0.15) is 0 Å². The Bertz CT molecular complexity index is 76.7. The lowest BCUT2D eigenvalue weighted by atomic mass is 10.5. The summed E-state index contributed by atoms with van der Waals surface area (Å²) in [5.74, 6) is -0.245. The monoisotopic (exact) mass is 205 g/mol. The molecule has 0 aromatic carbocycles. The Balaban J connectivity index is 0. The Morgan fingerprint density at radius 1 is 1.56 bits per heavy atom.